The molecule has 5 rings (SSSR count). The number of carboxylic acid groups (broad SMARTS) is 1. The van der Waals surface area contributed by atoms with E-state index in [2.05, 4.69) is 5.32 Å². The number of carboxylic acids is 1. The number of hydrogen-bond donors (Lipinski definition) is 2. The fourth-order valence-corrected chi connectivity index (χ4v) is 4.84. The summed E-state index contributed by atoms with van der Waals surface area (Å²) in [6, 6.07) is 29.7. The van der Waals surface area contributed by atoms with Crippen LogP contribution >= 0.6 is 0 Å². The molecule has 6 heteroatoms. The number of aliphatic carboxylic acids is 1. The summed E-state index contributed by atoms with van der Waals surface area (Å²) in [5.41, 5.74) is 6.73. The van der Waals surface area contributed by atoms with Crippen LogP contribution in [0.5, 0.6) is 0 Å². The van der Waals surface area contributed by atoms with Crippen LogP contribution < -0.4 is 10.2 Å². The molecule has 0 aliphatic carbocycles. The van der Waals surface area contributed by atoms with Crippen LogP contribution in [0.1, 0.15) is 44.7 Å². The van der Waals surface area contributed by atoms with Crippen molar-refractivity contribution in [3.05, 3.63) is 125 Å². The van der Waals surface area contributed by atoms with Crippen LogP contribution in [0.4, 0.5) is 11.4 Å². The third-order valence-corrected chi connectivity index (χ3v) is 6.80. The van der Waals surface area contributed by atoms with Gasteiger partial charge in [0, 0.05) is 28.9 Å². The fraction of sp³-hybridized carbons (Fsp3) is 0.121. The molecule has 4 aromatic carbocycles. The summed E-state index contributed by atoms with van der Waals surface area (Å²) in [6.07, 6.45) is 2.35. The molecule has 0 bridgehead atoms. The van der Waals surface area contributed by atoms with Crippen molar-refractivity contribution in [3.63, 3.8) is 0 Å². The predicted octanol–water partition coefficient (Wildman–Crippen LogP) is 6.82. The molecule has 0 saturated carbocycles. The van der Waals surface area contributed by atoms with Crippen LogP contribution in [0, 0.1) is 6.92 Å². The maximum Gasteiger partial charge on any atom is 0.307 e. The van der Waals surface area contributed by atoms with Gasteiger partial charge < -0.3 is 15.3 Å². The number of aryl methyl sites for hydroxylation is 1. The lowest BCUT2D eigenvalue weighted by Crippen LogP contribution is -2.31. The Kier molecular flexibility index (Phi) is 7.37. The lowest BCUT2D eigenvalue weighted by molar-refractivity contribution is -0.135. The lowest BCUT2D eigenvalue weighted by Gasteiger charge is -2.23. The Labute approximate surface area is 227 Å². The first-order chi connectivity index (χ1) is 18.9. The Hall–Kier alpha value is -4.97. The van der Waals surface area contributed by atoms with Gasteiger partial charge in [0.2, 0.25) is 0 Å². The van der Waals surface area contributed by atoms with Crippen LogP contribution in [-0.4, -0.2) is 29.4 Å². The molecule has 2 amide bonds. The summed E-state index contributed by atoms with van der Waals surface area (Å²) in [5.74, 6) is -1.33. The van der Waals surface area contributed by atoms with Crippen LogP contribution in [0.25, 0.3) is 16.7 Å². The number of carbonyl (C=O) groups excluding carboxylic acids is 2. The van der Waals surface area contributed by atoms with E-state index in [1.807, 2.05) is 79.7 Å². The molecule has 0 saturated heterocycles. The third kappa shape index (κ3) is 5.65. The van der Waals surface area contributed by atoms with Gasteiger partial charge in [-0.25, -0.2) is 0 Å². The van der Waals surface area contributed by atoms with Crippen molar-refractivity contribution < 1.29 is 19.5 Å². The van der Waals surface area contributed by atoms with Crippen LogP contribution in [0.2, 0.25) is 0 Å². The highest BCUT2D eigenvalue weighted by molar-refractivity contribution is 6.10. The Bertz CT molecular complexity index is 1570. The van der Waals surface area contributed by atoms with Gasteiger partial charge in [-0.15, -0.1) is 0 Å². The molecular weight excluding hydrogens is 488 g/mol. The Balaban J connectivity index is 1.34. The lowest BCUT2D eigenvalue weighted by atomic mass is 9.98. The van der Waals surface area contributed by atoms with Crippen LogP contribution in [0.3, 0.4) is 0 Å². The van der Waals surface area contributed by atoms with Gasteiger partial charge in [0.25, 0.3) is 11.8 Å². The number of nitrogens with zero attached hydrogens (tertiary/aromatic N) is 1. The fourth-order valence-electron chi connectivity index (χ4n) is 4.84. The standard InChI is InChI=1S/C33H28N2O4/c1-22-12-14-23(15-13-22)27-8-2-3-10-29(27)32(38)34-26-18-16-24(17-19-26)33(39)35-20-6-7-25(21-31(36)37)28-9-4-5-11-30(28)35/h2-5,7-19H,6,20-21H2,1H3,(H,34,38)(H,36,37). The van der Waals surface area contributed by atoms with Gasteiger partial charge in [0.1, 0.15) is 0 Å². The number of hydrogen-bond acceptors (Lipinski definition) is 3. The smallest absolute Gasteiger partial charge is 0.307 e. The van der Waals surface area contributed by atoms with E-state index in [0.29, 0.717) is 41.0 Å². The Morgan fingerprint density at radius 3 is 2.21 bits per heavy atom. The molecule has 0 atom stereocenters. The van der Waals surface area contributed by atoms with E-state index in [4.69, 9.17) is 0 Å². The van der Waals surface area contributed by atoms with Crippen LogP contribution in [-0.2, 0) is 4.79 Å². The number of amides is 2. The first kappa shape index (κ1) is 25.7. The second kappa shape index (κ2) is 11.2. The highest BCUT2D eigenvalue weighted by atomic mass is 16.4. The maximum absolute atomic E-state index is 13.5. The van der Waals surface area contributed by atoms with Crippen molar-refractivity contribution in [1.82, 2.24) is 0 Å². The Morgan fingerprint density at radius 2 is 1.49 bits per heavy atom. The summed E-state index contributed by atoms with van der Waals surface area (Å²) in [6.45, 7) is 2.46. The number of carbonyl (C=O) groups is 3. The van der Waals surface area contributed by atoms with Crippen molar-refractivity contribution in [1.29, 1.82) is 0 Å². The molecule has 6 nitrogen and oxygen atoms in total. The summed E-state index contributed by atoms with van der Waals surface area (Å²) in [5, 5.41) is 12.3. The van der Waals surface area contributed by atoms with E-state index < -0.39 is 5.97 Å². The first-order valence-electron chi connectivity index (χ1n) is 12.8. The van der Waals surface area contributed by atoms with Crippen LogP contribution in [0.15, 0.2) is 103 Å². The molecule has 194 valence electrons. The molecule has 39 heavy (non-hydrogen) atoms. The highest BCUT2D eigenvalue weighted by Crippen LogP contribution is 2.33. The molecular formula is C33H28N2O4. The van der Waals surface area contributed by atoms with Gasteiger partial charge >= 0.3 is 5.97 Å². The van der Waals surface area contributed by atoms with Crippen molar-refractivity contribution in [3.8, 4) is 11.1 Å². The number of benzene rings is 4. The summed E-state index contributed by atoms with van der Waals surface area (Å²) in [4.78, 5) is 39.8. The van der Waals surface area contributed by atoms with Gasteiger partial charge in [0.05, 0.1) is 12.1 Å². The monoisotopic (exact) mass is 516 g/mol. The second-order valence-electron chi connectivity index (χ2n) is 9.51. The predicted molar refractivity (Wildman–Crippen MR) is 154 cm³/mol. The number of rotatable bonds is 6. The summed E-state index contributed by atoms with van der Waals surface area (Å²) in [7, 11) is 0. The SMILES string of the molecule is Cc1ccc(-c2ccccc2C(=O)Nc2ccc(C(=O)N3CCC=C(CC(=O)O)c4ccccc43)cc2)cc1. The molecule has 0 aromatic heterocycles. The van der Waals surface area contributed by atoms with E-state index in [-0.39, 0.29) is 18.2 Å². The van der Waals surface area contributed by atoms with Gasteiger partial charge in [-0.05, 0) is 66.4 Å². The average molecular weight is 517 g/mol. The number of fused-ring (bicyclic) bond motifs is 1. The minimum absolute atomic E-state index is 0.0967. The molecule has 0 unspecified atom stereocenters. The molecule has 0 spiro atoms. The van der Waals surface area contributed by atoms with Crippen molar-refractivity contribution in [2.45, 2.75) is 19.8 Å². The van der Waals surface area contributed by atoms with E-state index in [0.717, 1.165) is 22.3 Å². The second-order valence-corrected chi connectivity index (χ2v) is 9.51. The quantitative estimate of drug-likeness (QED) is 0.294. The average Bonchev–Trinajstić information content (AvgIpc) is 3.13. The number of anilines is 2. The number of para-hydroxylation sites is 1. The van der Waals surface area contributed by atoms with Gasteiger partial charge in [-0.3, -0.25) is 14.4 Å². The van der Waals surface area contributed by atoms with Crippen molar-refractivity contribution >= 4 is 34.7 Å². The normalized spacial score (nSPS) is 12.6. The van der Waals surface area contributed by atoms with Gasteiger partial charge in [-0.2, -0.15) is 0 Å². The molecule has 1 heterocycles. The zero-order chi connectivity index (χ0) is 27.4. The zero-order valence-electron chi connectivity index (χ0n) is 21.6. The summed E-state index contributed by atoms with van der Waals surface area (Å²) < 4.78 is 0. The Morgan fingerprint density at radius 1 is 0.821 bits per heavy atom. The number of nitrogens with one attached hydrogen (secondary N) is 1. The molecule has 2 N–H and O–H groups in total. The largest absolute Gasteiger partial charge is 0.481 e. The van der Waals surface area contributed by atoms with Crippen molar-refractivity contribution in [2.75, 3.05) is 16.8 Å². The molecule has 4 aromatic rings. The third-order valence-electron chi connectivity index (χ3n) is 6.80. The molecule has 1 aliphatic heterocycles. The zero-order valence-corrected chi connectivity index (χ0v) is 21.6. The maximum atomic E-state index is 13.5. The van der Waals surface area contributed by atoms with E-state index >= 15 is 0 Å². The highest BCUT2D eigenvalue weighted by Gasteiger charge is 2.24. The first-order valence-corrected chi connectivity index (χ1v) is 12.8. The topological polar surface area (TPSA) is 86.7 Å². The molecule has 0 fully saturated rings. The molecule has 1 aliphatic rings. The van der Waals surface area contributed by atoms with E-state index in [1.54, 1.807) is 35.2 Å². The van der Waals surface area contributed by atoms with Crippen molar-refractivity contribution in [2.24, 2.45) is 0 Å². The minimum Gasteiger partial charge on any atom is -0.481 e. The van der Waals surface area contributed by atoms with E-state index in [9.17, 15) is 19.5 Å². The minimum atomic E-state index is -0.907. The van der Waals surface area contributed by atoms with Gasteiger partial charge in [-0.1, -0.05) is 72.3 Å². The van der Waals surface area contributed by atoms with E-state index in [1.165, 1.54) is 0 Å². The van der Waals surface area contributed by atoms with Gasteiger partial charge in [0.15, 0.2) is 0 Å². The summed E-state index contributed by atoms with van der Waals surface area (Å²) >= 11 is 0. The molecule has 0 radical (unpaired) electrons.